The van der Waals surface area contributed by atoms with E-state index < -0.39 is 5.50 Å². The van der Waals surface area contributed by atoms with Gasteiger partial charge in [0.1, 0.15) is 5.82 Å². The molecule has 1 aliphatic rings. The van der Waals surface area contributed by atoms with Gasteiger partial charge in [-0.15, -0.1) is 23.1 Å². The molecule has 1 aliphatic heterocycles. The maximum absolute atomic E-state index is 13.0. The highest BCUT2D eigenvalue weighted by atomic mass is 35.5. The zero-order valence-corrected chi connectivity index (χ0v) is 14.0. The van der Waals surface area contributed by atoms with Crippen LogP contribution in [0.2, 0.25) is 4.34 Å². The maximum atomic E-state index is 13.0. The van der Waals surface area contributed by atoms with Crippen LogP contribution >= 0.6 is 34.7 Å². The molecule has 5 nitrogen and oxygen atoms in total. The van der Waals surface area contributed by atoms with Gasteiger partial charge in [0, 0.05) is 5.69 Å². The number of rotatable bonds is 4. The largest absolute Gasteiger partial charge is 0.285 e. The molecule has 2 N–H and O–H groups in total. The molecule has 2 aromatic rings. The van der Waals surface area contributed by atoms with E-state index >= 15 is 0 Å². The van der Waals surface area contributed by atoms with E-state index in [2.05, 4.69) is 10.9 Å². The van der Waals surface area contributed by atoms with Crippen LogP contribution in [0.25, 0.3) is 0 Å². The third-order valence-corrected chi connectivity index (χ3v) is 5.37. The third kappa shape index (κ3) is 3.66. The number of anilines is 1. The van der Waals surface area contributed by atoms with Crippen LogP contribution in [0.5, 0.6) is 0 Å². The van der Waals surface area contributed by atoms with Crippen molar-refractivity contribution in [3.8, 4) is 0 Å². The van der Waals surface area contributed by atoms with E-state index in [4.69, 9.17) is 11.6 Å². The average Bonchev–Trinajstić information content (AvgIpc) is 3.12. The number of hydrazine groups is 1. The number of carbonyl (C=O) groups is 2. The van der Waals surface area contributed by atoms with E-state index in [9.17, 15) is 14.0 Å². The number of hydrogen-bond acceptors (Lipinski definition) is 5. The Bertz CT molecular complexity index is 738. The molecule has 2 heterocycles. The van der Waals surface area contributed by atoms with Crippen LogP contribution in [-0.2, 0) is 4.79 Å². The van der Waals surface area contributed by atoms with Gasteiger partial charge < -0.3 is 0 Å². The Morgan fingerprint density at radius 3 is 2.65 bits per heavy atom. The number of hydrogen-bond donors (Lipinski definition) is 2. The molecule has 1 saturated heterocycles. The van der Waals surface area contributed by atoms with Crippen molar-refractivity contribution in [3.05, 3.63) is 51.4 Å². The van der Waals surface area contributed by atoms with Crippen LogP contribution in [0.4, 0.5) is 10.1 Å². The molecular weight excluding hydrogens is 361 g/mol. The second-order valence-electron chi connectivity index (χ2n) is 4.61. The van der Waals surface area contributed by atoms with Crippen molar-refractivity contribution < 1.29 is 14.0 Å². The quantitative estimate of drug-likeness (QED) is 0.811. The van der Waals surface area contributed by atoms with E-state index in [0.717, 1.165) is 11.3 Å². The monoisotopic (exact) mass is 371 g/mol. The normalized spacial score (nSPS) is 17.6. The fourth-order valence-electron chi connectivity index (χ4n) is 2.04. The van der Waals surface area contributed by atoms with Gasteiger partial charge in [-0.3, -0.25) is 19.9 Å². The zero-order chi connectivity index (χ0) is 16.4. The highest BCUT2D eigenvalue weighted by molar-refractivity contribution is 8.01. The van der Waals surface area contributed by atoms with Crippen LogP contribution in [-0.4, -0.2) is 23.1 Å². The van der Waals surface area contributed by atoms with Crippen LogP contribution in [0.3, 0.4) is 0 Å². The minimum Gasteiger partial charge on any atom is -0.285 e. The lowest BCUT2D eigenvalue weighted by molar-refractivity contribution is -0.115. The molecule has 2 amide bonds. The summed E-state index contributed by atoms with van der Waals surface area (Å²) in [5, 5.41) is 0. The second-order valence-corrected chi connectivity index (χ2v) is 7.39. The van der Waals surface area contributed by atoms with E-state index in [1.165, 1.54) is 40.9 Å². The minimum atomic E-state index is -0.465. The number of nitrogens with zero attached hydrogens (tertiary/aromatic N) is 1. The van der Waals surface area contributed by atoms with Gasteiger partial charge in [0.2, 0.25) is 5.91 Å². The summed E-state index contributed by atoms with van der Waals surface area (Å²) in [4.78, 5) is 26.0. The van der Waals surface area contributed by atoms with Gasteiger partial charge in [-0.2, -0.15) is 0 Å². The van der Waals surface area contributed by atoms with E-state index in [-0.39, 0.29) is 23.4 Å². The van der Waals surface area contributed by atoms with Crippen LogP contribution < -0.4 is 15.8 Å². The van der Waals surface area contributed by atoms with Crippen molar-refractivity contribution in [2.45, 2.75) is 5.50 Å². The van der Waals surface area contributed by atoms with Gasteiger partial charge >= 0.3 is 0 Å². The first-order valence-corrected chi connectivity index (χ1v) is 8.79. The number of halogens is 2. The van der Waals surface area contributed by atoms with Gasteiger partial charge in [-0.1, -0.05) is 11.6 Å². The summed E-state index contributed by atoms with van der Waals surface area (Å²) in [5.41, 5.74) is 5.48. The molecule has 1 fully saturated rings. The molecule has 0 bridgehead atoms. The van der Waals surface area contributed by atoms with Crippen molar-refractivity contribution in [1.82, 2.24) is 10.9 Å². The Balaban J connectivity index is 1.68. The Labute approximate surface area is 144 Å². The Morgan fingerprint density at radius 1 is 1.26 bits per heavy atom. The van der Waals surface area contributed by atoms with Crippen LogP contribution in [0.15, 0.2) is 36.4 Å². The number of benzene rings is 1. The van der Waals surface area contributed by atoms with E-state index in [1.807, 2.05) is 0 Å². The molecule has 0 saturated carbocycles. The van der Waals surface area contributed by atoms with Crippen LogP contribution in [0.1, 0.15) is 9.67 Å². The van der Waals surface area contributed by atoms with Crippen molar-refractivity contribution in [1.29, 1.82) is 0 Å². The Kier molecular flexibility index (Phi) is 4.86. The van der Waals surface area contributed by atoms with Crippen molar-refractivity contribution in [3.63, 3.8) is 0 Å². The first-order valence-electron chi connectivity index (χ1n) is 6.55. The molecule has 1 aromatic carbocycles. The zero-order valence-electron chi connectivity index (χ0n) is 11.6. The molecule has 120 valence electrons. The van der Waals surface area contributed by atoms with Crippen molar-refractivity contribution in [2.24, 2.45) is 0 Å². The van der Waals surface area contributed by atoms with E-state index in [0.29, 0.717) is 14.9 Å². The lowest BCUT2D eigenvalue weighted by atomic mass is 10.3. The lowest BCUT2D eigenvalue weighted by Crippen LogP contribution is -2.50. The minimum absolute atomic E-state index is 0.118. The first-order chi connectivity index (χ1) is 11.0. The summed E-state index contributed by atoms with van der Waals surface area (Å²) in [6.07, 6.45) is 0. The van der Waals surface area contributed by atoms with Crippen molar-refractivity contribution in [2.75, 3.05) is 10.7 Å². The molecule has 1 atom stereocenters. The predicted molar refractivity (Wildman–Crippen MR) is 90.1 cm³/mol. The van der Waals surface area contributed by atoms with Crippen molar-refractivity contribution >= 4 is 52.2 Å². The van der Waals surface area contributed by atoms with Gasteiger partial charge in [0.15, 0.2) is 5.50 Å². The maximum Gasteiger partial charge on any atom is 0.275 e. The first kappa shape index (κ1) is 16.3. The molecular formula is C14H11ClFN3O2S2. The summed E-state index contributed by atoms with van der Waals surface area (Å²) in [5.74, 6) is -0.552. The number of thioether (sulfide) groups is 1. The topological polar surface area (TPSA) is 61.4 Å². The van der Waals surface area contributed by atoms with E-state index in [1.54, 1.807) is 12.1 Å². The molecule has 1 unspecified atom stereocenters. The molecule has 3 rings (SSSR count). The molecule has 0 spiro atoms. The summed E-state index contributed by atoms with van der Waals surface area (Å²) in [6, 6.07) is 8.88. The van der Waals surface area contributed by atoms with Gasteiger partial charge in [0.05, 0.1) is 15.0 Å². The molecule has 0 radical (unpaired) electrons. The van der Waals surface area contributed by atoms with Crippen LogP contribution in [0, 0.1) is 5.82 Å². The standard InChI is InChI=1S/C14H11ClFN3O2S2/c15-11-6-5-10(23-11)13(21)17-18-14-19(12(20)7-22-14)9-3-1-8(16)2-4-9/h1-6,14,18H,7H2,(H,17,21). The second kappa shape index (κ2) is 6.88. The Morgan fingerprint density at radius 2 is 2.00 bits per heavy atom. The molecule has 1 aromatic heterocycles. The molecule has 0 aliphatic carbocycles. The smallest absolute Gasteiger partial charge is 0.275 e. The third-order valence-electron chi connectivity index (χ3n) is 3.08. The molecule has 23 heavy (non-hydrogen) atoms. The fourth-order valence-corrected chi connectivity index (χ4v) is 3.95. The number of thiophene rings is 1. The highest BCUT2D eigenvalue weighted by Crippen LogP contribution is 2.29. The lowest BCUT2D eigenvalue weighted by Gasteiger charge is -2.24. The summed E-state index contributed by atoms with van der Waals surface area (Å²) in [6.45, 7) is 0. The number of nitrogens with one attached hydrogen (secondary N) is 2. The van der Waals surface area contributed by atoms with Gasteiger partial charge in [0.25, 0.3) is 5.91 Å². The van der Waals surface area contributed by atoms with Gasteiger partial charge in [-0.25, -0.2) is 9.82 Å². The highest BCUT2D eigenvalue weighted by Gasteiger charge is 2.33. The average molecular weight is 372 g/mol. The SMILES string of the molecule is O=C(NNC1SCC(=O)N1c1ccc(F)cc1)c1ccc(Cl)s1. The summed E-state index contributed by atoms with van der Waals surface area (Å²) < 4.78 is 13.5. The summed E-state index contributed by atoms with van der Waals surface area (Å²) >= 11 is 8.29. The van der Waals surface area contributed by atoms with Gasteiger partial charge in [-0.05, 0) is 36.4 Å². The summed E-state index contributed by atoms with van der Waals surface area (Å²) in [7, 11) is 0. The Hall–Kier alpha value is -1.61. The predicted octanol–water partition coefficient (Wildman–Crippen LogP) is 2.84. The number of carbonyl (C=O) groups excluding carboxylic acids is 2. The molecule has 9 heteroatoms. The number of amides is 2. The fraction of sp³-hybridized carbons (Fsp3) is 0.143.